The first-order chi connectivity index (χ1) is 13.2. The third kappa shape index (κ3) is 3.47. The normalized spacial score (nSPS) is 10.9. The van der Waals surface area contributed by atoms with Crippen LogP contribution < -0.4 is 14.2 Å². The van der Waals surface area contributed by atoms with Crippen LogP contribution >= 0.6 is 27.3 Å². The lowest BCUT2D eigenvalue weighted by atomic mass is 10.2. The molecule has 0 aliphatic rings. The van der Waals surface area contributed by atoms with Crippen LogP contribution in [0.5, 0.6) is 17.2 Å². The Morgan fingerprint density at radius 1 is 1.04 bits per heavy atom. The first-order valence-electron chi connectivity index (χ1n) is 8.00. The predicted octanol–water partition coefficient (Wildman–Crippen LogP) is 4.21. The van der Waals surface area contributed by atoms with E-state index in [0.29, 0.717) is 22.3 Å². The molecule has 2 aromatic carbocycles. The first kappa shape index (κ1) is 17.7. The van der Waals surface area contributed by atoms with E-state index in [4.69, 9.17) is 14.2 Å². The molecule has 0 radical (unpaired) electrons. The number of rotatable bonds is 6. The summed E-state index contributed by atoms with van der Waals surface area (Å²) < 4.78 is 19.3. The van der Waals surface area contributed by atoms with Crippen molar-refractivity contribution in [2.45, 2.75) is 6.61 Å². The average Bonchev–Trinajstić information content (AvgIpc) is 3.28. The molecule has 0 saturated carbocycles. The maximum atomic E-state index is 5.79. The zero-order chi connectivity index (χ0) is 18.8. The molecule has 9 heteroatoms. The maximum absolute atomic E-state index is 5.79. The van der Waals surface area contributed by atoms with E-state index in [1.807, 2.05) is 42.5 Å². The summed E-state index contributed by atoms with van der Waals surface area (Å²) in [5, 5.41) is 13.8. The SMILES string of the molecule is COc1cccc(-c2nn3c(COc4ccc(Br)cc4)nnc3s2)c1OC. The second-order valence-electron chi connectivity index (χ2n) is 5.50. The molecule has 0 amide bonds. The molecule has 27 heavy (non-hydrogen) atoms. The molecule has 0 N–H and O–H groups in total. The number of hydrogen-bond donors (Lipinski definition) is 0. The molecule has 0 aliphatic heterocycles. The van der Waals surface area contributed by atoms with Gasteiger partial charge < -0.3 is 14.2 Å². The summed E-state index contributed by atoms with van der Waals surface area (Å²) in [6.07, 6.45) is 0. The minimum absolute atomic E-state index is 0.265. The van der Waals surface area contributed by atoms with Gasteiger partial charge in [-0.2, -0.15) is 9.61 Å². The van der Waals surface area contributed by atoms with Crippen LogP contribution in [0.1, 0.15) is 5.82 Å². The van der Waals surface area contributed by atoms with Crippen molar-refractivity contribution in [2.75, 3.05) is 14.2 Å². The van der Waals surface area contributed by atoms with Crippen LogP contribution in [0.2, 0.25) is 0 Å². The number of methoxy groups -OCH3 is 2. The van der Waals surface area contributed by atoms with Crippen LogP contribution in [0.25, 0.3) is 15.5 Å². The van der Waals surface area contributed by atoms with Crippen molar-refractivity contribution in [1.29, 1.82) is 0 Å². The molecule has 4 rings (SSSR count). The average molecular weight is 447 g/mol. The van der Waals surface area contributed by atoms with Crippen molar-refractivity contribution >= 4 is 32.2 Å². The van der Waals surface area contributed by atoms with Gasteiger partial charge in [-0.1, -0.05) is 33.3 Å². The summed E-state index contributed by atoms with van der Waals surface area (Å²) in [7, 11) is 3.22. The summed E-state index contributed by atoms with van der Waals surface area (Å²) in [6.45, 7) is 0.265. The third-order valence-corrected chi connectivity index (χ3v) is 5.33. The molecular formula is C18H15BrN4O3S. The number of hydrogen-bond acceptors (Lipinski definition) is 7. The van der Waals surface area contributed by atoms with Crippen LogP contribution in [0.15, 0.2) is 46.9 Å². The summed E-state index contributed by atoms with van der Waals surface area (Å²) >= 11 is 4.83. The highest BCUT2D eigenvalue weighted by molar-refractivity contribution is 9.10. The monoisotopic (exact) mass is 446 g/mol. The molecule has 0 unspecified atom stereocenters. The van der Waals surface area contributed by atoms with Gasteiger partial charge in [-0.15, -0.1) is 10.2 Å². The molecule has 0 bridgehead atoms. The van der Waals surface area contributed by atoms with Crippen LogP contribution in [-0.2, 0) is 6.61 Å². The molecule has 0 spiro atoms. The summed E-state index contributed by atoms with van der Waals surface area (Å²) in [4.78, 5) is 0.685. The largest absolute Gasteiger partial charge is 0.493 e. The zero-order valence-corrected chi connectivity index (χ0v) is 17.0. The van der Waals surface area contributed by atoms with Gasteiger partial charge in [0.05, 0.1) is 19.8 Å². The van der Waals surface area contributed by atoms with Crippen LogP contribution in [0, 0.1) is 0 Å². The van der Waals surface area contributed by atoms with Gasteiger partial charge in [0.1, 0.15) is 12.4 Å². The summed E-state index contributed by atoms with van der Waals surface area (Å²) in [6, 6.07) is 13.3. The fourth-order valence-corrected chi connectivity index (χ4v) is 3.74. The van der Waals surface area contributed by atoms with E-state index >= 15 is 0 Å². The fraction of sp³-hybridized carbons (Fsp3) is 0.167. The smallest absolute Gasteiger partial charge is 0.235 e. The Hall–Kier alpha value is -2.65. The van der Waals surface area contributed by atoms with E-state index in [1.54, 1.807) is 18.7 Å². The second-order valence-corrected chi connectivity index (χ2v) is 7.37. The van der Waals surface area contributed by atoms with Gasteiger partial charge in [-0.3, -0.25) is 0 Å². The number of halogens is 1. The number of nitrogens with zero attached hydrogens (tertiary/aromatic N) is 4. The third-order valence-electron chi connectivity index (χ3n) is 3.87. The van der Waals surface area contributed by atoms with Crippen LogP contribution in [-0.4, -0.2) is 34.0 Å². The zero-order valence-electron chi connectivity index (χ0n) is 14.5. The van der Waals surface area contributed by atoms with Crippen molar-refractivity contribution in [3.05, 3.63) is 52.8 Å². The highest BCUT2D eigenvalue weighted by Gasteiger charge is 2.18. The standard InChI is InChI=1S/C18H15BrN4O3S/c1-24-14-5-3-4-13(16(14)25-2)17-22-23-15(20-21-18(23)27-17)10-26-12-8-6-11(19)7-9-12/h3-9H,10H2,1-2H3. The quantitative estimate of drug-likeness (QED) is 0.441. The van der Waals surface area contributed by atoms with Gasteiger partial charge in [0.15, 0.2) is 22.3 Å². The summed E-state index contributed by atoms with van der Waals surface area (Å²) in [5.74, 6) is 2.66. The molecule has 0 saturated heterocycles. The van der Waals surface area contributed by atoms with E-state index < -0.39 is 0 Å². The topological polar surface area (TPSA) is 70.8 Å². The highest BCUT2D eigenvalue weighted by atomic mass is 79.9. The molecule has 138 valence electrons. The molecule has 0 fully saturated rings. The van der Waals surface area contributed by atoms with Crippen molar-refractivity contribution in [2.24, 2.45) is 0 Å². The minimum atomic E-state index is 0.265. The van der Waals surface area contributed by atoms with Crippen molar-refractivity contribution in [1.82, 2.24) is 19.8 Å². The van der Waals surface area contributed by atoms with Gasteiger partial charge in [0.25, 0.3) is 0 Å². The molecule has 4 aromatic rings. The van der Waals surface area contributed by atoms with Gasteiger partial charge >= 0.3 is 0 Å². The van der Waals surface area contributed by atoms with Gasteiger partial charge in [-0.25, -0.2) is 0 Å². The lowest BCUT2D eigenvalue weighted by Gasteiger charge is -2.10. The Balaban J connectivity index is 1.63. The lowest BCUT2D eigenvalue weighted by molar-refractivity contribution is 0.293. The molecule has 0 aliphatic carbocycles. The number of ether oxygens (including phenoxy) is 3. The van der Waals surface area contributed by atoms with E-state index in [1.165, 1.54) is 11.3 Å². The van der Waals surface area contributed by atoms with Crippen molar-refractivity contribution in [3.8, 4) is 27.8 Å². The number of aromatic nitrogens is 4. The Morgan fingerprint density at radius 3 is 2.59 bits per heavy atom. The molecule has 2 aromatic heterocycles. The number of fused-ring (bicyclic) bond motifs is 1. The number of benzene rings is 2. The Morgan fingerprint density at radius 2 is 1.85 bits per heavy atom. The summed E-state index contributed by atoms with van der Waals surface area (Å²) in [5.41, 5.74) is 0.840. The first-order valence-corrected chi connectivity index (χ1v) is 9.61. The maximum Gasteiger partial charge on any atom is 0.235 e. The molecule has 2 heterocycles. The number of para-hydroxylation sites is 1. The van der Waals surface area contributed by atoms with Crippen molar-refractivity contribution in [3.63, 3.8) is 0 Å². The predicted molar refractivity (Wildman–Crippen MR) is 106 cm³/mol. The van der Waals surface area contributed by atoms with Crippen molar-refractivity contribution < 1.29 is 14.2 Å². The van der Waals surface area contributed by atoms with E-state index in [0.717, 1.165) is 20.8 Å². The van der Waals surface area contributed by atoms with Gasteiger partial charge in [-0.05, 0) is 36.4 Å². The molecular weight excluding hydrogens is 432 g/mol. The molecule has 7 nitrogen and oxygen atoms in total. The minimum Gasteiger partial charge on any atom is -0.493 e. The van der Waals surface area contributed by atoms with Crippen LogP contribution in [0.3, 0.4) is 0 Å². The van der Waals surface area contributed by atoms with Gasteiger partial charge in [0, 0.05) is 4.47 Å². The highest BCUT2D eigenvalue weighted by Crippen LogP contribution is 2.39. The Bertz CT molecular complexity index is 1080. The van der Waals surface area contributed by atoms with Crippen LogP contribution in [0.4, 0.5) is 0 Å². The van der Waals surface area contributed by atoms with E-state index in [2.05, 4.69) is 31.2 Å². The fourth-order valence-electron chi connectivity index (χ4n) is 2.59. The molecule has 0 atom stereocenters. The Kier molecular flexibility index (Phi) is 4.95. The van der Waals surface area contributed by atoms with Gasteiger partial charge in [0.2, 0.25) is 4.96 Å². The second kappa shape index (κ2) is 7.53. The lowest BCUT2D eigenvalue weighted by Crippen LogP contribution is -2.02. The van der Waals surface area contributed by atoms with E-state index in [9.17, 15) is 0 Å². The van der Waals surface area contributed by atoms with E-state index in [-0.39, 0.29) is 6.61 Å². The Labute approximate surface area is 167 Å².